The van der Waals surface area contributed by atoms with Crippen molar-refractivity contribution in [3.63, 3.8) is 0 Å². The molecule has 6 heteroatoms. The third kappa shape index (κ3) is 5.82. The van der Waals surface area contributed by atoms with Crippen LogP contribution in [0.2, 0.25) is 0 Å². The zero-order chi connectivity index (χ0) is 22.0. The number of nitrogens with zero attached hydrogens (tertiary/aromatic N) is 2. The number of benzene rings is 1. The van der Waals surface area contributed by atoms with Gasteiger partial charge in [0.15, 0.2) is 0 Å². The van der Waals surface area contributed by atoms with Gasteiger partial charge in [-0.25, -0.2) is 0 Å². The predicted molar refractivity (Wildman–Crippen MR) is 116 cm³/mol. The fourth-order valence-electron chi connectivity index (χ4n) is 3.11. The zero-order valence-corrected chi connectivity index (χ0v) is 19.0. The van der Waals surface area contributed by atoms with Gasteiger partial charge in [0, 0.05) is 30.6 Å². The largest absolute Gasteiger partial charge is 0.497 e. The van der Waals surface area contributed by atoms with Crippen LogP contribution in [0.3, 0.4) is 0 Å². The summed E-state index contributed by atoms with van der Waals surface area (Å²) in [6.07, 6.45) is 2.77. The number of esters is 1. The van der Waals surface area contributed by atoms with Crippen molar-refractivity contribution in [3.05, 3.63) is 30.0 Å². The Labute approximate surface area is 173 Å². The van der Waals surface area contributed by atoms with Crippen molar-refractivity contribution in [2.24, 2.45) is 5.41 Å². The van der Waals surface area contributed by atoms with Crippen LogP contribution in [0.1, 0.15) is 51.4 Å². The van der Waals surface area contributed by atoms with Crippen molar-refractivity contribution in [2.75, 3.05) is 27.7 Å². The van der Waals surface area contributed by atoms with Crippen molar-refractivity contribution in [1.29, 1.82) is 0 Å². The third-order valence-electron chi connectivity index (χ3n) is 4.74. The van der Waals surface area contributed by atoms with Crippen molar-refractivity contribution >= 4 is 22.8 Å². The van der Waals surface area contributed by atoms with E-state index in [4.69, 9.17) is 9.47 Å². The molecule has 160 valence electrons. The molecule has 0 bridgehead atoms. The average molecular weight is 403 g/mol. The zero-order valence-electron chi connectivity index (χ0n) is 19.0. The highest BCUT2D eigenvalue weighted by atomic mass is 16.6. The summed E-state index contributed by atoms with van der Waals surface area (Å²) in [6, 6.07) is 5.76. The molecule has 1 aromatic heterocycles. The summed E-state index contributed by atoms with van der Waals surface area (Å²) in [6.45, 7) is 9.85. The summed E-state index contributed by atoms with van der Waals surface area (Å²) >= 11 is 0. The number of carbonyl (C=O) groups excluding carboxylic acids is 2. The Kier molecular flexibility index (Phi) is 6.78. The molecule has 0 aliphatic rings. The summed E-state index contributed by atoms with van der Waals surface area (Å²) in [7, 11) is 5.66. The number of carbonyl (C=O) groups is 2. The Bertz CT molecular complexity index is 888. The first-order valence-corrected chi connectivity index (χ1v) is 9.93. The van der Waals surface area contributed by atoms with E-state index in [-0.39, 0.29) is 18.3 Å². The summed E-state index contributed by atoms with van der Waals surface area (Å²) in [5.74, 6) is 0.172. The molecule has 0 atom stereocenters. The molecule has 2 aromatic rings. The highest BCUT2D eigenvalue weighted by molar-refractivity contribution is 5.97. The van der Waals surface area contributed by atoms with E-state index in [1.165, 1.54) is 0 Å². The van der Waals surface area contributed by atoms with Crippen LogP contribution in [0.5, 0.6) is 5.75 Å². The highest BCUT2D eigenvalue weighted by Crippen LogP contribution is 2.30. The minimum atomic E-state index is -0.927. The lowest BCUT2D eigenvalue weighted by Gasteiger charge is -2.28. The van der Waals surface area contributed by atoms with Gasteiger partial charge >= 0.3 is 5.97 Å². The maximum atomic E-state index is 13.2. The lowest BCUT2D eigenvalue weighted by atomic mass is 9.88. The number of rotatable bonds is 7. The number of aromatic nitrogens is 1. The molecule has 0 unspecified atom stereocenters. The second-order valence-corrected chi connectivity index (χ2v) is 9.42. The SMILES string of the molecule is COc1ccc2c(CCN(C)C)cn(C(=O)CC(C)(C)C(=O)OC(C)(C)C)c2c1. The molecule has 6 nitrogen and oxygen atoms in total. The van der Waals surface area contributed by atoms with Crippen molar-refractivity contribution in [2.45, 2.75) is 53.1 Å². The van der Waals surface area contributed by atoms with E-state index < -0.39 is 11.0 Å². The van der Waals surface area contributed by atoms with E-state index in [0.29, 0.717) is 5.75 Å². The number of hydrogen-bond donors (Lipinski definition) is 0. The van der Waals surface area contributed by atoms with E-state index in [0.717, 1.165) is 29.4 Å². The molecule has 0 N–H and O–H groups in total. The first-order valence-electron chi connectivity index (χ1n) is 9.93. The van der Waals surface area contributed by atoms with E-state index in [1.807, 2.05) is 59.3 Å². The van der Waals surface area contributed by atoms with Gasteiger partial charge in [-0.3, -0.25) is 14.2 Å². The van der Waals surface area contributed by atoms with Crippen LogP contribution < -0.4 is 4.74 Å². The fraction of sp³-hybridized carbons (Fsp3) is 0.565. The van der Waals surface area contributed by atoms with E-state index in [2.05, 4.69) is 4.90 Å². The van der Waals surface area contributed by atoms with Crippen LogP contribution >= 0.6 is 0 Å². The number of likely N-dealkylation sites (N-methyl/N-ethyl adjacent to an activating group) is 1. The Morgan fingerprint density at radius 2 is 1.76 bits per heavy atom. The van der Waals surface area contributed by atoms with Gasteiger partial charge in [0.2, 0.25) is 5.91 Å². The standard InChI is InChI=1S/C23H34N2O4/c1-22(2,3)29-21(27)23(4,5)14-20(26)25-15-16(11-12-24(6)7)18-10-9-17(28-8)13-19(18)25/h9-10,13,15H,11-12,14H2,1-8H3. The molecule has 0 aliphatic carbocycles. The molecule has 29 heavy (non-hydrogen) atoms. The lowest BCUT2D eigenvalue weighted by molar-refractivity contribution is -0.165. The molecular formula is C23H34N2O4. The van der Waals surface area contributed by atoms with Gasteiger partial charge in [-0.15, -0.1) is 0 Å². The smallest absolute Gasteiger partial charge is 0.312 e. The maximum Gasteiger partial charge on any atom is 0.312 e. The van der Waals surface area contributed by atoms with Crippen molar-refractivity contribution in [1.82, 2.24) is 9.47 Å². The molecule has 0 spiro atoms. The molecule has 0 saturated carbocycles. The average Bonchev–Trinajstić information content (AvgIpc) is 2.96. The first kappa shape index (κ1) is 22.9. The van der Waals surface area contributed by atoms with Crippen molar-refractivity contribution in [3.8, 4) is 5.75 Å². The monoisotopic (exact) mass is 402 g/mol. The predicted octanol–water partition coefficient (Wildman–Crippen LogP) is 4.15. The normalized spacial score (nSPS) is 12.4. The second-order valence-electron chi connectivity index (χ2n) is 9.42. The highest BCUT2D eigenvalue weighted by Gasteiger charge is 2.35. The summed E-state index contributed by atoms with van der Waals surface area (Å²) in [4.78, 5) is 27.9. The number of methoxy groups -OCH3 is 1. The molecular weight excluding hydrogens is 368 g/mol. The van der Waals surface area contributed by atoms with Crippen LogP contribution in [-0.4, -0.2) is 54.7 Å². The maximum absolute atomic E-state index is 13.2. The number of fused-ring (bicyclic) bond motifs is 1. The number of hydrogen-bond acceptors (Lipinski definition) is 5. The first-order chi connectivity index (χ1) is 13.3. The molecule has 0 aliphatic heterocycles. The lowest BCUT2D eigenvalue weighted by Crippen LogP contribution is -2.36. The summed E-state index contributed by atoms with van der Waals surface area (Å²) in [5, 5.41) is 1.02. The van der Waals surface area contributed by atoms with Gasteiger partial charge in [0.05, 0.1) is 18.0 Å². The van der Waals surface area contributed by atoms with Crippen LogP contribution in [0.15, 0.2) is 24.4 Å². The third-order valence-corrected chi connectivity index (χ3v) is 4.74. The molecule has 1 heterocycles. The second kappa shape index (κ2) is 8.57. The van der Waals surface area contributed by atoms with Crippen LogP contribution in [0.4, 0.5) is 0 Å². The van der Waals surface area contributed by atoms with Crippen LogP contribution in [-0.2, 0) is 16.0 Å². The number of ether oxygens (including phenoxy) is 2. The van der Waals surface area contributed by atoms with Gasteiger partial charge in [0.1, 0.15) is 11.4 Å². The Morgan fingerprint density at radius 1 is 1.10 bits per heavy atom. The van der Waals surface area contributed by atoms with Crippen LogP contribution in [0.25, 0.3) is 10.9 Å². The van der Waals surface area contributed by atoms with Gasteiger partial charge in [0.25, 0.3) is 0 Å². The van der Waals surface area contributed by atoms with Gasteiger partial charge in [-0.05, 0) is 72.8 Å². The van der Waals surface area contributed by atoms with Crippen LogP contribution in [0, 0.1) is 5.41 Å². The quantitative estimate of drug-likeness (QED) is 0.651. The minimum Gasteiger partial charge on any atom is -0.497 e. The molecule has 0 amide bonds. The van der Waals surface area contributed by atoms with E-state index in [9.17, 15) is 9.59 Å². The van der Waals surface area contributed by atoms with Gasteiger partial charge < -0.3 is 14.4 Å². The molecule has 2 rings (SSSR count). The Morgan fingerprint density at radius 3 is 2.31 bits per heavy atom. The van der Waals surface area contributed by atoms with E-state index in [1.54, 1.807) is 25.5 Å². The molecule has 0 saturated heterocycles. The summed E-state index contributed by atoms with van der Waals surface area (Å²) < 4.78 is 12.5. The molecule has 0 radical (unpaired) electrons. The topological polar surface area (TPSA) is 60.8 Å². The fourth-order valence-corrected chi connectivity index (χ4v) is 3.11. The van der Waals surface area contributed by atoms with E-state index >= 15 is 0 Å². The van der Waals surface area contributed by atoms with Gasteiger partial charge in [-0.2, -0.15) is 0 Å². The molecule has 0 fully saturated rings. The Balaban J connectivity index is 2.37. The summed E-state index contributed by atoms with van der Waals surface area (Å²) in [5.41, 5.74) is 0.372. The Hall–Kier alpha value is -2.34. The van der Waals surface area contributed by atoms with Crippen molar-refractivity contribution < 1.29 is 19.1 Å². The van der Waals surface area contributed by atoms with Gasteiger partial charge in [-0.1, -0.05) is 0 Å². The molecule has 1 aromatic carbocycles. The minimum absolute atomic E-state index is 0.0516.